The summed E-state index contributed by atoms with van der Waals surface area (Å²) < 4.78 is 26.6. The number of para-hydroxylation sites is 1. The maximum atomic E-state index is 12.7. The monoisotopic (exact) mass is 385 g/mol. The van der Waals surface area contributed by atoms with Crippen molar-refractivity contribution in [2.45, 2.75) is 11.3 Å². The van der Waals surface area contributed by atoms with Crippen molar-refractivity contribution >= 4 is 27.6 Å². The van der Waals surface area contributed by atoms with Gasteiger partial charge in [-0.2, -0.15) is 4.31 Å². The molecule has 0 radical (unpaired) electrons. The Balaban J connectivity index is 1.98. The van der Waals surface area contributed by atoms with Crippen LogP contribution in [0.1, 0.15) is 6.42 Å². The Hall–Kier alpha value is -2.57. The van der Waals surface area contributed by atoms with Gasteiger partial charge in [0.05, 0.1) is 4.92 Å². The number of primary amides is 1. The number of nitrogens with zero attached hydrogens (tertiary/aromatic N) is 3. The highest BCUT2D eigenvalue weighted by atomic mass is 32.2. The van der Waals surface area contributed by atoms with Crippen LogP contribution in [-0.2, 0) is 14.8 Å². The van der Waals surface area contributed by atoms with Gasteiger partial charge < -0.3 is 10.6 Å². The van der Waals surface area contributed by atoms with Gasteiger partial charge in [-0.1, -0.05) is 12.1 Å². The molecule has 3 N–H and O–H groups in total. The number of hydrogen-bond acceptors (Lipinski definition) is 7. The Bertz CT molecular complexity index is 804. The van der Waals surface area contributed by atoms with E-state index < -0.39 is 32.6 Å². The van der Waals surface area contributed by atoms with E-state index in [1.807, 2.05) is 10.2 Å². The number of amides is 3. The maximum Gasteiger partial charge on any atom is 0.318 e. The second-order valence-corrected chi connectivity index (χ2v) is 7.54. The van der Waals surface area contributed by atoms with Gasteiger partial charge in [-0.25, -0.2) is 13.2 Å². The van der Waals surface area contributed by atoms with Crippen molar-refractivity contribution in [3.63, 3.8) is 0 Å². The van der Waals surface area contributed by atoms with Gasteiger partial charge in [-0.15, -0.1) is 0 Å². The van der Waals surface area contributed by atoms with Crippen LogP contribution < -0.4 is 11.1 Å². The van der Waals surface area contributed by atoms with Gasteiger partial charge in [0.15, 0.2) is 4.90 Å². The molecule has 26 heavy (non-hydrogen) atoms. The number of hydrogen-bond donors (Lipinski definition) is 2. The number of urea groups is 1. The highest BCUT2D eigenvalue weighted by Crippen LogP contribution is 2.26. The van der Waals surface area contributed by atoms with E-state index in [2.05, 4.69) is 0 Å². The molecule has 1 saturated heterocycles. The third-order valence-corrected chi connectivity index (χ3v) is 5.87. The van der Waals surface area contributed by atoms with Crippen LogP contribution in [0.4, 0.5) is 10.5 Å². The van der Waals surface area contributed by atoms with Gasteiger partial charge in [0.1, 0.15) is 0 Å². The molecule has 142 valence electrons. The molecule has 0 aliphatic carbocycles. The molecule has 0 aromatic heterocycles. The standard InChI is InChI=1S/C14H19N5O6S/c15-14(21)16-13(20)5-6-17-7-9-18(10-8-17)26(24,25)12-4-2-1-3-11(12)19(22)23/h1-4H,5-10H2,(H3,15,16,20,21). The van der Waals surface area contributed by atoms with Gasteiger partial charge in [0.25, 0.3) is 5.69 Å². The zero-order valence-electron chi connectivity index (χ0n) is 13.8. The van der Waals surface area contributed by atoms with Crippen LogP contribution in [0, 0.1) is 10.1 Å². The third kappa shape index (κ3) is 4.74. The number of nitrogens with two attached hydrogens (primary N) is 1. The fourth-order valence-electron chi connectivity index (χ4n) is 2.62. The second-order valence-electron chi connectivity index (χ2n) is 5.63. The SMILES string of the molecule is NC(=O)NC(=O)CCN1CCN(S(=O)(=O)c2ccccc2[N+](=O)[O-])CC1. The van der Waals surface area contributed by atoms with Crippen LogP contribution in [0.2, 0.25) is 0 Å². The fourth-order valence-corrected chi connectivity index (χ4v) is 4.20. The first-order chi connectivity index (χ1) is 12.2. The minimum absolute atomic E-state index is 0.0554. The first-order valence-electron chi connectivity index (χ1n) is 7.77. The molecule has 1 aliphatic heterocycles. The minimum atomic E-state index is -3.98. The lowest BCUT2D eigenvalue weighted by molar-refractivity contribution is -0.387. The third-order valence-electron chi connectivity index (χ3n) is 3.93. The molecule has 0 unspecified atom stereocenters. The molecule has 1 heterocycles. The van der Waals surface area contributed by atoms with Gasteiger partial charge in [-0.05, 0) is 6.07 Å². The van der Waals surface area contributed by atoms with Gasteiger partial charge in [0, 0.05) is 45.2 Å². The summed E-state index contributed by atoms with van der Waals surface area (Å²) in [4.78, 5) is 33.9. The van der Waals surface area contributed by atoms with Gasteiger partial charge >= 0.3 is 6.03 Å². The predicted molar refractivity (Wildman–Crippen MR) is 90.6 cm³/mol. The summed E-state index contributed by atoms with van der Waals surface area (Å²) in [6.07, 6.45) is 0.0554. The highest BCUT2D eigenvalue weighted by molar-refractivity contribution is 7.89. The zero-order chi connectivity index (χ0) is 19.3. The Labute approximate surface area is 149 Å². The molecule has 0 bridgehead atoms. The fraction of sp³-hybridized carbons (Fsp3) is 0.429. The van der Waals surface area contributed by atoms with E-state index in [1.165, 1.54) is 22.5 Å². The Morgan fingerprint density at radius 1 is 1.19 bits per heavy atom. The van der Waals surface area contributed by atoms with Crippen LogP contribution in [0.25, 0.3) is 0 Å². The molecule has 0 saturated carbocycles. The molecular formula is C14H19N5O6S. The summed E-state index contributed by atoms with van der Waals surface area (Å²) in [5.41, 5.74) is 4.39. The average Bonchev–Trinajstić information content (AvgIpc) is 2.59. The topological polar surface area (TPSA) is 156 Å². The molecule has 1 aromatic rings. The van der Waals surface area contributed by atoms with Crippen molar-refractivity contribution in [2.75, 3.05) is 32.7 Å². The lowest BCUT2D eigenvalue weighted by Gasteiger charge is -2.33. The van der Waals surface area contributed by atoms with Crippen LogP contribution in [-0.4, -0.2) is 67.2 Å². The van der Waals surface area contributed by atoms with Crippen LogP contribution >= 0.6 is 0 Å². The number of piperazine rings is 1. The van der Waals surface area contributed by atoms with Crippen molar-refractivity contribution in [2.24, 2.45) is 5.73 Å². The molecule has 12 heteroatoms. The van der Waals surface area contributed by atoms with Crippen LogP contribution in [0.3, 0.4) is 0 Å². The van der Waals surface area contributed by atoms with Crippen LogP contribution in [0.15, 0.2) is 29.2 Å². The number of sulfonamides is 1. The summed E-state index contributed by atoms with van der Waals surface area (Å²) in [5, 5.41) is 13.0. The average molecular weight is 385 g/mol. The minimum Gasteiger partial charge on any atom is -0.351 e. The van der Waals surface area contributed by atoms with Gasteiger partial charge in [-0.3, -0.25) is 20.2 Å². The Morgan fingerprint density at radius 2 is 1.81 bits per heavy atom. The number of nitro benzene ring substituents is 1. The molecule has 1 aliphatic rings. The number of nitro groups is 1. The molecule has 0 spiro atoms. The van der Waals surface area contributed by atoms with Crippen molar-refractivity contribution in [1.82, 2.24) is 14.5 Å². The van der Waals surface area contributed by atoms with Gasteiger partial charge in [0.2, 0.25) is 15.9 Å². The van der Waals surface area contributed by atoms with Crippen molar-refractivity contribution in [1.29, 1.82) is 0 Å². The molecule has 1 aromatic carbocycles. The molecule has 1 fully saturated rings. The van der Waals surface area contributed by atoms with Crippen LogP contribution in [0.5, 0.6) is 0 Å². The first kappa shape index (κ1) is 19.8. The van der Waals surface area contributed by atoms with E-state index in [-0.39, 0.29) is 24.4 Å². The van der Waals surface area contributed by atoms with Crippen molar-refractivity contribution in [3.8, 4) is 0 Å². The molecular weight excluding hydrogens is 366 g/mol. The van der Waals surface area contributed by atoms with E-state index >= 15 is 0 Å². The normalized spacial score (nSPS) is 16.2. The Morgan fingerprint density at radius 3 is 2.38 bits per heavy atom. The largest absolute Gasteiger partial charge is 0.351 e. The maximum absolute atomic E-state index is 12.7. The summed E-state index contributed by atoms with van der Waals surface area (Å²) >= 11 is 0. The second kappa shape index (κ2) is 8.21. The lowest BCUT2D eigenvalue weighted by atomic mass is 10.3. The predicted octanol–water partition coefficient (Wildman–Crippen LogP) is -0.514. The zero-order valence-corrected chi connectivity index (χ0v) is 14.6. The van der Waals surface area contributed by atoms with E-state index in [1.54, 1.807) is 0 Å². The number of rotatable bonds is 6. The highest BCUT2D eigenvalue weighted by Gasteiger charge is 2.33. The number of nitrogens with one attached hydrogen (secondary N) is 1. The van der Waals surface area contributed by atoms with E-state index in [4.69, 9.17) is 5.73 Å². The summed E-state index contributed by atoms with van der Waals surface area (Å²) in [5.74, 6) is -0.507. The lowest BCUT2D eigenvalue weighted by Crippen LogP contribution is -2.49. The summed E-state index contributed by atoms with van der Waals surface area (Å²) in [6, 6.07) is 4.30. The first-order valence-corrected chi connectivity index (χ1v) is 9.21. The molecule has 0 atom stereocenters. The number of carbonyl (C=O) groups excluding carboxylic acids is 2. The Kier molecular flexibility index (Phi) is 6.23. The van der Waals surface area contributed by atoms with Crippen molar-refractivity contribution in [3.05, 3.63) is 34.4 Å². The molecule has 11 nitrogen and oxygen atoms in total. The molecule has 3 amide bonds. The number of imide groups is 1. The summed E-state index contributed by atoms with van der Waals surface area (Å²) in [6.45, 7) is 1.36. The van der Waals surface area contributed by atoms with E-state index in [0.29, 0.717) is 19.6 Å². The van der Waals surface area contributed by atoms with Crippen molar-refractivity contribution < 1.29 is 22.9 Å². The number of benzene rings is 1. The molecule has 2 rings (SSSR count). The van der Waals surface area contributed by atoms with E-state index in [0.717, 1.165) is 6.07 Å². The number of carbonyl (C=O) groups is 2. The summed E-state index contributed by atoms with van der Waals surface area (Å²) in [7, 11) is -3.98. The van der Waals surface area contributed by atoms with E-state index in [9.17, 15) is 28.1 Å². The quantitative estimate of drug-likeness (QED) is 0.493. The smallest absolute Gasteiger partial charge is 0.318 e.